The number of rotatable bonds is 11. The molecule has 0 aliphatic carbocycles. The molecule has 148 valence electrons. The van der Waals surface area contributed by atoms with Crippen LogP contribution in [0.4, 0.5) is 0 Å². The lowest BCUT2D eigenvalue weighted by Crippen LogP contribution is -2.59. The number of aliphatic carboxylic acids is 2. The van der Waals surface area contributed by atoms with E-state index in [-0.39, 0.29) is 5.75 Å². The fourth-order valence-electron chi connectivity index (χ4n) is 1.69. The zero-order valence-electron chi connectivity index (χ0n) is 13.8. The van der Waals surface area contributed by atoms with Crippen LogP contribution in [0.2, 0.25) is 0 Å². The summed E-state index contributed by atoms with van der Waals surface area (Å²) in [6.07, 6.45) is -2.01. The van der Waals surface area contributed by atoms with Crippen molar-refractivity contribution in [3.05, 3.63) is 0 Å². The van der Waals surface area contributed by atoms with Gasteiger partial charge in [0.2, 0.25) is 17.7 Å². The van der Waals surface area contributed by atoms with Crippen molar-refractivity contribution in [2.75, 3.05) is 12.3 Å². The molecule has 13 heteroatoms. The Labute approximate surface area is 153 Å². The lowest BCUT2D eigenvalue weighted by atomic mass is 10.1. The van der Waals surface area contributed by atoms with Crippen molar-refractivity contribution in [2.24, 2.45) is 5.73 Å². The third kappa shape index (κ3) is 8.64. The topological polar surface area (TPSA) is 208 Å². The highest BCUT2D eigenvalue weighted by molar-refractivity contribution is 7.80. The van der Waals surface area contributed by atoms with E-state index in [1.54, 1.807) is 0 Å². The van der Waals surface area contributed by atoms with Crippen LogP contribution in [0.15, 0.2) is 0 Å². The first-order valence-corrected chi connectivity index (χ1v) is 7.99. The zero-order chi connectivity index (χ0) is 20.4. The highest BCUT2D eigenvalue weighted by atomic mass is 32.1. The number of aliphatic hydroxyl groups is 1. The summed E-state index contributed by atoms with van der Waals surface area (Å²) >= 11 is 3.89. The molecule has 26 heavy (non-hydrogen) atoms. The monoisotopic (exact) mass is 394 g/mol. The number of thiol groups is 1. The summed E-state index contributed by atoms with van der Waals surface area (Å²) in [5.41, 5.74) is 5.38. The first-order chi connectivity index (χ1) is 12.0. The number of carbonyl (C=O) groups excluding carboxylic acids is 3. The Bertz CT molecular complexity index is 556. The normalized spacial score (nSPS) is 15.1. The molecule has 8 N–H and O–H groups in total. The number of amides is 3. The van der Waals surface area contributed by atoms with E-state index in [0.717, 1.165) is 0 Å². The van der Waals surface area contributed by atoms with Crippen LogP contribution in [-0.2, 0) is 24.0 Å². The van der Waals surface area contributed by atoms with E-state index < -0.39 is 66.9 Å². The second-order valence-electron chi connectivity index (χ2n) is 5.29. The lowest BCUT2D eigenvalue weighted by molar-refractivity contribution is -0.140. The summed E-state index contributed by atoms with van der Waals surface area (Å²) in [6, 6.07) is -4.14. The van der Waals surface area contributed by atoms with Gasteiger partial charge in [0, 0.05) is 5.75 Å². The average molecular weight is 394 g/mol. The van der Waals surface area contributed by atoms with E-state index in [0.29, 0.717) is 0 Å². The molecule has 0 saturated heterocycles. The average Bonchev–Trinajstić information content (AvgIpc) is 2.53. The maximum Gasteiger partial charge on any atom is 0.322 e. The van der Waals surface area contributed by atoms with Gasteiger partial charge in [-0.2, -0.15) is 12.6 Å². The fourth-order valence-corrected chi connectivity index (χ4v) is 1.94. The predicted octanol–water partition coefficient (Wildman–Crippen LogP) is -3.73. The summed E-state index contributed by atoms with van der Waals surface area (Å²) in [7, 11) is 0. The minimum atomic E-state index is -1.48. The molecule has 0 saturated carbocycles. The Morgan fingerprint density at radius 2 is 1.58 bits per heavy atom. The number of nitrogens with one attached hydrogen (secondary N) is 3. The molecule has 12 nitrogen and oxygen atoms in total. The fraction of sp³-hybridized carbons (Fsp3) is 0.615. The van der Waals surface area contributed by atoms with Gasteiger partial charge in [0.1, 0.15) is 18.6 Å². The summed E-state index contributed by atoms with van der Waals surface area (Å²) in [4.78, 5) is 56.8. The van der Waals surface area contributed by atoms with Gasteiger partial charge < -0.3 is 37.0 Å². The molecule has 0 fully saturated rings. The van der Waals surface area contributed by atoms with Crippen molar-refractivity contribution in [1.82, 2.24) is 16.0 Å². The van der Waals surface area contributed by atoms with Gasteiger partial charge in [0.15, 0.2) is 0 Å². The largest absolute Gasteiger partial charge is 0.481 e. The standard InChI is InChI=1S/C13H22N4O8S/c1-5(18)10(13(25)15-3-9(21)22)17-12(24)7(4-26)16-11(23)6(14)2-8(19)20/h5-7,10,18,26H,2-4,14H2,1H3,(H,15,25)(H,16,23)(H,17,24)(H,19,20)(H,21,22). The van der Waals surface area contributed by atoms with Crippen molar-refractivity contribution in [2.45, 2.75) is 37.6 Å². The quantitative estimate of drug-likeness (QED) is 0.162. The van der Waals surface area contributed by atoms with Crippen molar-refractivity contribution < 1.29 is 39.3 Å². The van der Waals surface area contributed by atoms with Gasteiger partial charge >= 0.3 is 11.9 Å². The summed E-state index contributed by atoms with van der Waals surface area (Å²) in [5.74, 6) is -5.58. The molecule has 0 aromatic carbocycles. The molecule has 0 aromatic rings. The molecule has 3 amide bonds. The lowest BCUT2D eigenvalue weighted by Gasteiger charge is -2.24. The number of carboxylic acid groups (broad SMARTS) is 2. The van der Waals surface area contributed by atoms with Gasteiger partial charge in [0.25, 0.3) is 0 Å². The number of aliphatic hydroxyl groups excluding tert-OH is 1. The Kier molecular flexibility index (Phi) is 10.2. The zero-order valence-corrected chi connectivity index (χ0v) is 14.7. The second-order valence-corrected chi connectivity index (χ2v) is 5.65. The molecule has 4 atom stereocenters. The Morgan fingerprint density at radius 1 is 1.00 bits per heavy atom. The highest BCUT2D eigenvalue weighted by Gasteiger charge is 2.30. The summed E-state index contributed by atoms with van der Waals surface area (Å²) in [6.45, 7) is 0.483. The van der Waals surface area contributed by atoms with Crippen molar-refractivity contribution in [3.8, 4) is 0 Å². The van der Waals surface area contributed by atoms with E-state index in [1.807, 2.05) is 5.32 Å². The van der Waals surface area contributed by atoms with Crippen LogP contribution in [-0.4, -0.2) is 81.5 Å². The minimum absolute atomic E-state index is 0.208. The number of carboxylic acids is 2. The Balaban J connectivity index is 4.92. The molecule has 4 unspecified atom stereocenters. The van der Waals surface area contributed by atoms with Crippen LogP contribution in [0.1, 0.15) is 13.3 Å². The number of carbonyl (C=O) groups is 5. The van der Waals surface area contributed by atoms with Gasteiger partial charge in [-0.25, -0.2) is 0 Å². The van der Waals surface area contributed by atoms with Gasteiger partial charge in [-0.3, -0.25) is 24.0 Å². The van der Waals surface area contributed by atoms with E-state index in [2.05, 4.69) is 23.3 Å². The predicted molar refractivity (Wildman–Crippen MR) is 90.3 cm³/mol. The SMILES string of the molecule is CC(O)C(NC(=O)C(CS)NC(=O)C(N)CC(=O)O)C(=O)NCC(=O)O. The maximum absolute atomic E-state index is 12.2. The number of hydrogen-bond donors (Lipinski definition) is 8. The van der Waals surface area contributed by atoms with Crippen LogP contribution in [0.25, 0.3) is 0 Å². The van der Waals surface area contributed by atoms with Gasteiger partial charge in [0.05, 0.1) is 18.6 Å². The van der Waals surface area contributed by atoms with Gasteiger partial charge in [-0.05, 0) is 6.92 Å². The molecule has 0 heterocycles. The minimum Gasteiger partial charge on any atom is -0.481 e. The molecular weight excluding hydrogens is 372 g/mol. The third-order valence-corrected chi connectivity index (χ3v) is 3.39. The first kappa shape index (κ1) is 23.6. The summed E-state index contributed by atoms with van der Waals surface area (Å²) < 4.78 is 0. The highest BCUT2D eigenvalue weighted by Crippen LogP contribution is 1.98. The Morgan fingerprint density at radius 3 is 2.00 bits per heavy atom. The molecule has 0 rings (SSSR count). The molecule has 0 aliphatic heterocycles. The third-order valence-electron chi connectivity index (χ3n) is 3.02. The molecular formula is C13H22N4O8S. The maximum atomic E-state index is 12.2. The molecule has 0 aromatic heterocycles. The first-order valence-electron chi connectivity index (χ1n) is 7.36. The van der Waals surface area contributed by atoms with Crippen LogP contribution in [0, 0.1) is 0 Å². The summed E-state index contributed by atoms with van der Waals surface area (Å²) in [5, 5.41) is 33.1. The smallest absolute Gasteiger partial charge is 0.322 e. The van der Waals surface area contributed by atoms with Crippen LogP contribution in [0.3, 0.4) is 0 Å². The number of nitrogens with two attached hydrogens (primary N) is 1. The van der Waals surface area contributed by atoms with Crippen LogP contribution >= 0.6 is 12.6 Å². The van der Waals surface area contributed by atoms with Crippen LogP contribution in [0.5, 0.6) is 0 Å². The molecule has 0 radical (unpaired) electrons. The van der Waals surface area contributed by atoms with Gasteiger partial charge in [-0.1, -0.05) is 0 Å². The van der Waals surface area contributed by atoms with Crippen molar-refractivity contribution in [3.63, 3.8) is 0 Å². The molecule has 0 bridgehead atoms. The molecule has 0 spiro atoms. The molecule has 0 aliphatic rings. The van der Waals surface area contributed by atoms with Gasteiger partial charge in [-0.15, -0.1) is 0 Å². The van der Waals surface area contributed by atoms with Crippen molar-refractivity contribution in [1.29, 1.82) is 0 Å². The Hall–Kier alpha value is -2.38. The van der Waals surface area contributed by atoms with E-state index >= 15 is 0 Å². The van der Waals surface area contributed by atoms with E-state index in [1.165, 1.54) is 6.92 Å². The van der Waals surface area contributed by atoms with Crippen molar-refractivity contribution >= 4 is 42.3 Å². The van der Waals surface area contributed by atoms with E-state index in [4.69, 9.17) is 15.9 Å². The van der Waals surface area contributed by atoms with Crippen LogP contribution < -0.4 is 21.7 Å². The number of hydrogen-bond acceptors (Lipinski definition) is 8. The second kappa shape index (κ2) is 11.3. The van der Waals surface area contributed by atoms with E-state index in [9.17, 15) is 29.1 Å².